The fraction of sp³-hybridized carbons (Fsp3) is 0.190. The number of hydrogen-bond acceptors (Lipinski definition) is 4. The van der Waals surface area contributed by atoms with Crippen LogP contribution in [0, 0.1) is 0 Å². The molecule has 0 radical (unpaired) electrons. The van der Waals surface area contributed by atoms with Gasteiger partial charge in [-0.05, 0) is 50.3 Å². The minimum Gasteiger partial charge on any atom is -0.497 e. The average Bonchev–Trinajstić information content (AvgIpc) is 2.60. The van der Waals surface area contributed by atoms with Crippen molar-refractivity contribution in [3.8, 4) is 22.8 Å². The Balaban J connectivity index is 1.96. The average molecular weight is 334 g/mol. The molecular weight excluding hydrogens is 316 g/mol. The molecule has 126 valence electrons. The predicted molar refractivity (Wildman–Crippen MR) is 98.2 cm³/mol. The minimum atomic E-state index is -0.384. The SMILES string of the molecule is COc1cccc(-c2cc(=O)c3ccc4c(c3o2)C=CC(C)(C)O4)c1. The Morgan fingerprint density at radius 1 is 1.08 bits per heavy atom. The highest BCUT2D eigenvalue weighted by Gasteiger charge is 2.24. The van der Waals surface area contributed by atoms with Gasteiger partial charge in [-0.2, -0.15) is 0 Å². The van der Waals surface area contributed by atoms with Crippen LogP contribution in [0.4, 0.5) is 0 Å². The minimum absolute atomic E-state index is 0.0832. The Labute approximate surface area is 145 Å². The lowest BCUT2D eigenvalue weighted by molar-refractivity contribution is 0.159. The van der Waals surface area contributed by atoms with E-state index in [0.29, 0.717) is 28.2 Å². The van der Waals surface area contributed by atoms with Crippen LogP contribution in [0.25, 0.3) is 28.4 Å². The Morgan fingerprint density at radius 3 is 2.72 bits per heavy atom. The molecule has 0 saturated carbocycles. The van der Waals surface area contributed by atoms with Gasteiger partial charge in [-0.15, -0.1) is 0 Å². The lowest BCUT2D eigenvalue weighted by Gasteiger charge is -2.28. The van der Waals surface area contributed by atoms with Crippen LogP contribution in [0.5, 0.6) is 11.5 Å². The van der Waals surface area contributed by atoms with E-state index in [1.807, 2.05) is 56.3 Å². The quantitative estimate of drug-likeness (QED) is 0.684. The van der Waals surface area contributed by atoms with Crippen molar-refractivity contribution in [3.63, 3.8) is 0 Å². The summed E-state index contributed by atoms with van der Waals surface area (Å²) in [7, 11) is 1.61. The summed E-state index contributed by atoms with van der Waals surface area (Å²) in [5, 5.41) is 0.540. The summed E-state index contributed by atoms with van der Waals surface area (Å²) < 4.78 is 17.3. The van der Waals surface area contributed by atoms with Crippen LogP contribution in [-0.2, 0) is 0 Å². The lowest BCUT2D eigenvalue weighted by Crippen LogP contribution is -2.27. The zero-order chi connectivity index (χ0) is 17.6. The molecule has 1 aliphatic rings. The van der Waals surface area contributed by atoms with Crippen molar-refractivity contribution >= 4 is 17.0 Å². The zero-order valence-electron chi connectivity index (χ0n) is 14.3. The maximum absolute atomic E-state index is 12.6. The topological polar surface area (TPSA) is 48.7 Å². The lowest BCUT2D eigenvalue weighted by atomic mass is 10.0. The first-order chi connectivity index (χ1) is 12.0. The second-order valence-corrected chi connectivity index (χ2v) is 6.60. The van der Waals surface area contributed by atoms with E-state index in [2.05, 4.69) is 0 Å². The molecule has 25 heavy (non-hydrogen) atoms. The number of rotatable bonds is 2. The maximum Gasteiger partial charge on any atom is 0.193 e. The Bertz CT molecular complexity index is 1060. The van der Waals surface area contributed by atoms with Gasteiger partial charge in [0.05, 0.1) is 18.1 Å². The van der Waals surface area contributed by atoms with Gasteiger partial charge in [-0.3, -0.25) is 4.79 Å². The van der Waals surface area contributed by atoms with Gasteiger partial charge in [0.25, 0.3) is 0 Å². The molecule has 0 atom stereocenters. The molecule has 1 aliphatic heterocycles. The van der Waals surface area contributed by atoms with Gasteiger partial charge in [-0.25, -0.2) is 0 Å². The monoisotopic (exact) mass is 334 g/mol. The standard InChI is InChI=1S/C21H18O4/c1-21(2)10-9-16-18(25-21)8-7-15-17(22)12-19(24-20(15)16)13-5-4-6-14(11-13)23-3/h4-12H,1-3H3. The molecule has 0 amide bonds. The van der Waals surface area contributed by atoms with Crippen molar-refractivity contribution in [2.75, 3.05) is 7.11 Å². The van der Waals surface area contributed by atoms with E-state index in [-0.39, 0.29) is 11.0 Å². The van der Waals surface area contributed by atoms with E-state index in [1.54, 1.807) is 13.2 Å². The number of fused-ring (bicyclic) bond motifs is 3. The molecule has 2 heterocycles. The molecule has 4 rings (SSSR count). The Morgan fingerprint density at radius 2 is 1.92 bits per heavy atom. The number of hydrogen-bond donors (Lipinski definition) is 0. The van der Waals surface area contributed by atoms with Gasteiger partial charge in [0.2, 0.25) is 0 Å². The summed E-state index contributed by atoms with van der Waals surface area (Å²) in [6.07, 6.45) is 3.92. The maximum atomic E-state index is 12.6. The van der Waals surface area contributed by atoms with E-state index < -0.39 is 0 Å². The van der Waals surface area contributed by atoms with Gasteiger partial charge in [-0.1, -0.05) is 12.1 Å². The highest BCUT2D eigenvalue weighted by molar-refractivity contribution is 5.90. The van der Waals surface area contributed by atoms with Gasteiger partial charge in [0.1, 0.15) is 28.4 Å². The summed E-state index contributed by atoms with van der Waals surface area (Å²) in [6.45, 7) is 3.97. The number of benzene rings is 2. The van der Waals surface area contributed by atoms with E-state index in [4.69, 9.17) is 13.9 Å². The molecule has 3 aromatic rings. The first-order valence-electron chi connectivity index (χ1n) is 8.10. The van der Waals surface area contributed by atoms with Crippen LogP contribution in [0.15, 0.2) is 57.8 Å². The normalized spacial score (nSPS) is 14.8. The van der Waals surface area contributed by atoms with E-state index in [1.165, 1.54) is 6.07 Å². The summed E-state index contributed by atoms with van der Waals surface area (Å²) in [6, 6.07) is 12.5. The van der Waals surface area contributed by atoms with Crippen LogP contribution in [-0.4, -0.2) is 12.7 Å². The van der Waals surface area contributed by atoms with E-state index in [9.17, 15) is 4.79 Å². The summed E-state index contributed by atoms with van der Waals surface area (Å²) in [5.41, 5.74) is 1.65. The van der Waals surface area contributed by atoms with Crippen molar-refractivity contribution in [1.29, 1.82) is 0 Å². The van der Waals surface area contributed by atoms with Gasteiger partial charge < -0.3 is 13.9 Å². The zero-order valence-corrected chi connectivity index (χ0v) is 14.3. The Hall–Kier alpha value is -3.01. The molecular formula is C21H18O4. The summed E-state index contributed by atoms with van der Waals surface area (Å²) in [4.78, 5) is 12.6. The smallest absolute Gasteiger partial charge is 0.193 e. The third-order valence-electron chi connectivity index (χ3n) is 4.27. The van der Waals surface area contributed by atoms with E-state index >= 15 is 0 Å². The number of methoxy groups -OCH3 is 1. The number of ether oxygens (including phenoxy) is 2. The van der Waals surface area contributed by atoms with Crippen molar-refractivity contribution in [2.45, 2.75) is 19.4 Å². The van der Waals surface area contributed by atoms with Crippen LogP contribution >= 0.6 is 0 Å². The fourth-order valence-corrected chi connectivity index (χ4v) is 2.99. The van der Waals surface area contributed by atoms with Crippen molar-refractivity contribution in [2.24, 2.45) is 0 Å². The van der Waals surface area contributed by atoms with Gasteiger partial charge in [0, 0.05) is 11.6 Å². The van der Waals surface area contributed by atoms with Crippen LogP contribution in [0.3, 0.4) is 0 Å². The second-order valence-electron chi connectivity index (χ2n) is 6.60. The molecule has 0 aliphatic carbocycles. The predicted octanol–water partition coefficient (Wildman–Crippen LogP) is 4.65. The molecule has 0 fully saturated rings. The fourth-order valence-electron chi connectivity index (χ4n) is 2.99. The third-order valence-corrected chi connectivity index (χ3v) is 4.27. The van der Waals surface area contributed by atoms with Gasteiger partial charge in [0.15, 0.2) is 5.43 Å². The molecule has 0 bridgehead atoms. The summed E-state index contributed by atoms with van der Waals surface area (Å²) >= 11 is 0. The molecule has 0 N–H and O–H groups in total. The molecule has 1 aromatic heterocycles. The van der Waals surface area contributed by atoms with Gasteiger partial charge >= 0.3 is 0 Å². The molecule has 4 nitrogen and oxygen atoms in total. The van der Waals surface area contributed by atoms with Crippen molar-refractivity contribution in [3.05, 3.63) is 64.3 Å². The van der Waals surface area contributed by atoms with Crippen molar-refractivity contribution in [1.82, 2.24) is 0 Å². The first kappa shape index (κ1) is 15.5. The highest BCUT2D eigenvalue weighted by Crippen LogP contribution is 2.36. The first-order valence-corrected chi connectivity index (χ1v) is 8.10. The highest BCUT2D eigenvalue weighted by atomic mass is 16.5. The largest absolute Gasteiger partial charge is 0.497 e. The van der Waals surface area contributed by atoms with Crippen LogP contribution < -0.4 is 14.9 Å². The second kappa shape index (κ2) is 5.52. The summed E-state index contributed by atoms with van der Waals surface area (Å²) in [5.74, 6) is 1.93. The van der Waals surface area contributed by atoms with Crippen LogP contribution in [0.2, 0.25) is 0 Å². The molecule has 0 unspecified atom stereocenters. The Kier molecular flexibility index (Phi) is 3.42. The van der Waals surface area contributed by atoms with Crippen LogP contribution in [0.1, 0.15) is 19.4 Å². The molecule has 0 spiro atoms. The third kappa shape index (κ3) is 2.70. The molecule has 2 aromatic carbocycles. The van der Waals surface area contributed by atoms with E-state index in [0.717, 1.165) is 11.1 Å². The molecule has 4 heteroatoms. The molecule has 0 saturated heterocycles. The van der Waals surface area contributed by atoms with Crippen molar-refractivity contribution < 1.29 is 13.9 Å².